The Kier molecular flexibility index (Phi) is 3.37. The van der Waals surface area contributed by atoms with Gasteiger partial charge in [-0.25, -0.2) is 0 Å². The van der Waals surface area contributed by atoms with Gasteiger partial charge in [-0.3, -0.25) is 9.78 Å². The molecule has 0 atom stereocenters. The number of amides is 1. The van der Waals surface area contributed by atoms with Crippen LogP contribution in [0.15, 0.2) is 36.5 Å². The first kappa shape index (κ1) is 12.7. The predicted molar refractivity (Wildman–Crippen MR) is 75.8 cm³/mol. The summed E-state index contributed by atoms with van der Waals surface area (Å²) < 4.78 is 5.76. The number of hydrogen-bond acceptors (Lipinski definition) is 3. The molecular weight excluding hydrogens is 252 g/mol. The van der Waals surface area contributed by atoms with E-state index in [1.54, 1.807) is 0 Å². The van der Waals surface area contributed by atoms with Crippen molar-refractivity contribution in [3.63, 3.8) is 0 Å². The van der Waals surface area contributed by atoms with E-state index in [-0.39, 0.29) is 5.91 Å². The topological polar surface area (TPSA) is 51.2 Å². The largest absolute Gasteiger partial charge is 0.489 e. The van der Waals surface area contributed by atoms with E-state index in [1.807, 2.05) is 43.5 Å². The molecule has 1 amide bonds. The molecule has 0 unspecified atom stereocenters. The molecule has 0 aliphatic carbocycles. The standard InChI is InChI=1S/C16H16N2O2/c1-11-2-3-12(9-18-11)10-20-14-4-5-15-13(8-14)6-7-17-16(15)19/h2-5,8-9H,6-7,10H2,1H3,(H,17,19). The van der Waals surface area contributed by atoms with E-state index < -0.39 is 0 Å². The molecule has 1 aromatic heterocycles. The second kappa shape index (κ2) is 5.33. The Balaban J connectivity index is 1.72. The number of carbonyl (C=O) groups is 1. The van der Waals surface area contributed by atoms with Gasteiger partial charge in [0.25, 0.3) is 5.91 Å². The van der Waals surface area contributed by atoms with Crippen LogP contribution in [0.1, 0.15) is 27.2 Å². The molecule has 0 radical (unpaired) electrons. The molecule has 2 aromatic rings. The van der Waals surface area contributed by atoms with Gasteiger partial charge in [0, 0.05) is 29.6 Å². The molecule has 1 N–H and O–H groups in total. The summed E-state index contributed by atoms with van der Waals surface area (Å²) in [6.07, 6.45) is 2.67. The fourth-order valence-electron chi connectivity index (χ4n) is 2.24. The number of pyridine rings is 1. The van der Waals surface area contributed by atoms with Crippen LogP contribution >= 0.6 is 0 Å². The fourth-order valence-corrected chi connectivity index (χ4v) is 2.24. The minimum Gasteiger partial charge on any atom is -0.489 e. The molecule has 0 saturated heterocycles. The van der Waals surface area contributed by atoms with E-state index in [4.69, 9.17) is 4.74 Å². The maximum absolute atomic E-state index is 11.6. The Morgan fingerprint density at radius 3 is 3.00 bits per heavy atom. The van der Waals surface area contributed by atoms with Crippen molar-refractivity contribution in [3.05, 3.63) is 58.9 Å². The number of aromatic nitrogens is 1. The van der Waals surface area contributed by atoms with Gasteiger partial charge in [0.2, 0.25) is 0 Å². The number of nitrogens with one attached hydrogen (secondary N) is 1. The number of rotatable bonds is 3. The first-order valence-electron chi connectivity index (χ1n) is 6.68. The summed E-state index contributed by atoms with van der Waals surface area (Å²) in [7, 11) is 0. The third-order valence-corrected chi connectivity index (χ3v) is 3.38. The Bertz CT molecular complexity index is 635. The first-order valence-corrected chi connectivity index (χ1v) is 6.68. The lowest BCUT2D eigenvalue weighted by Crippen LogP contribution is -2.31. The maximum atomic E-state index is 11.6. The number of hydrogen-bond donors (Lipinski definition) is 1. The quantitative estimate of drug-likeness (QED) is 0.929. The van der Waals surface area contributed by atoms with E-state index in [1.165, 1.54) is 0 Å². The predicted octanol–water partition coefficient (Wildman–Crippen LogP) is 2.25. The molecule has 3 rings (SSSR count). The molecule has 2 heterocycles. The third-order valence-electron chi connectivity index (χ3n) is 3.38. The smallest absolute Gasteiger partial charge is 0.251 e. The zero-order valence-corrected chi connectivity index (χ0v) is 11.3. The number of nitrogens with zero attached hydrogens (tertiary/aromatic N) is 1. The van der Waals surface area contributed by atoms with Gasteiger partial charge in [0.15, 0.2) is 0 Å². The van der Waals surface area contributed by atoms with Gasteiger partial charge in [0.05, 0.1) is 0 Å². The average Bonchev–Trinajstić information content (AvgIpc) is 2.47. The number of carbonyl (C=O) groups excluding carboxylic acids is 1. The van der Waals surface area contributed by atoms with Gasteiger partial charge in [-0.2, -0.15) is 0 Å². The van der Waals surface area contributed by atoms with Crippen LogP contribution < -0.4 is 10.1 Å². The van der Waals surface area contributed by atoms with Crippen LogP contribution in [0.4, 0.5) is 0 Å². The summed E-state index contributed by atoms with van der Waals surface area (Å²) >= 11 is 0. The van der Waals surface area contributed by atoms with Crippen LogP contribution in [0.25, 0.3) is 0 Å². The lowest BCUT2D eigenvalue weighted by molar-refractivity contribution is 0.0946. The van der Waals surface area contributed by atoms with E-state index in [9.17, 15) is 4.79 Å². The van der Waals surface area contributed by atoms with E-state index in [0.29, 0.717) is 13.2 Å². The Hall–Kier alpha value is -2.36. The van der Waals surface area contributed by atoms with Gasteiger partial charge in [-0.1, -0.05) is 6.07 Å². The van der Waals surface area contributed by atoms with Crippen molar-refractivity contribution in [3.8, 4) is 5.75 Å². The zero-order valence-electron chi connectivity index (χ0n) is 11.3. The van der Waals surface area contributed by atoms with Gasteiger partial charge >= 0.3 is 0 Å². The second-order valence-electron chi connectivity index (χ2n) is 4.92. The molecule has 0 fully saturated rings. The minimum absolute atomic E-state index is 0.000495. The van der Waals surface area contributed by atoms with Crippen molar-refractivity contribution >= 4 is 5.91 Å². The molecule has 0 spiro atoms. The summed E-state index contributed by atoms with van der Waals surface area (Å²) in [5, 5.41) is 2.83. The van der Waals surface area contributed by atoms with Gasteiger partial charge < -0.3 is 10.1 Å². The van der Waals surface area contributed by atoms with E-state index in [2.05, 4.69) is 10.3 Å². The van der Waals surface area contributed by atoms with E-state index in [0.717, 1.165) is 34.6 Å². The molecule has 20 heavy (non-hydrogen) atoms. The minimum atomic E-state index is 0.000495. The summed E-state index contributed by atoms with van der Waals surface area (Å²) in [5.41, 5.74) is 3.83. The van der Waals surface area contributed by atoms with Crippen LogP contribution in [0.5, 0.6) is 5.75 Å². The summed E-state index contributed by atoms with van der Waals surface area (Å²) in [6.45, 7) is 3.13. The molecule has 102 valence electrons. The Morgan fingerprint density at radius 1 is 1.30 bits per heavy atom. The Labute approximate surface area is 117 Å². The first-order chi connectivity index (χ1) is 9.72. The van der Waals surface area contributed by atoms with Gasteiger partial charge in [-0.15, -0.1) is 0 Å². The maximum Gasteiger partial charge on any atom is 0.251 e. The molecule has 0 saturated carbocycles. The third kappa shape index (κ3) is 2.64. The van der Waals surface area contributed by atoms with Crippen molar-refractivity contribution in [1.82, 2.24) is 10.3 Å². The highest BCUT2D eigenvalue weighted by atomic mass is 16.5. The molecule has 1 aliphatic rings. The van der Waals surface area contributed by atoms with Gasteiger partial charge in [0.1, 0.15) is 12.4 Å². The fraction of sp³-hybridized carbons (Fsp3) is 0.250. The van der Waals surface area contributed by atoms with Crippen LogP contribution in [-0.4, -0.2) is 17.4 Å². The number of fused-ring (bicyclic) bond motifs is 1. The average molecular weight is 268 g/mol. The summed E-state index contributed by atoms with van der Waals surface area (Å²) in [6, 6.07) is 9.59. The zero-order chi connectivity index (χ0) is 13.9. The number of benzene rings is 1. The number of aryl methyl sites for hydroxylation is 1. The second-order valence-corrected chi connectivity index (χ2v) is 4.92. The van der Waals surface area contributed by atoms with Gasteiger partial charge in [-0.05, 0) is 43.2 Å². The highest BCUT2D eigenvalue weighted by Crippen LogP contribution is 2.21. The lowest BCUT2D eigenvalue weighted by atomic mass is 10.0. The van der Waals surface area contributed by atoms with Crippen molar-refractivity contribution in [1.29, 1.82) is 0 Å². The highest BCUT2D eigenvalue weighted by Gasteiger charge is 2.16. The van der Waals surface area contributed by atoms with E-state index >= 15 is 0 Å². The Morgan fingerprint density at radius 2 is 2.20 bits per heavy atom. The molecule has 1 aliphatic heterocycles. The van der Waals surface area contributed by atoms with Crippen molar-refractivity contribution < 1.29 is 9.53 Å². The monoisotopic (exact) mass is 268 g/mol. The highest BCUT2D eigenvalue weighted by molar-refractivity contribution is 5.96. The molecule has 4 nitrogen and oxygen atoms in total. The lowest BCUT2D eigenvalue weighted by Gasteiger charge is -2.17. The summed E-state index contributed by atoms with van der Waals surface area (Å²) in [4.78, 5) is 15.9. The van der Waals surface area contributed by atoms with Crippen LogP contribution in [0.3, 0.4) is 0 Å². The van der Waals surface area contributed by atoms with Crippen LogP contribution in [0, 0.1) is 6.92 Å². The van der Waals surface area contributed by atoms with Crippen LogP contribution in [-0.2, 0) is 13.0 Å². The normalized spacial score (nSPS) is 13.6. The van der Waals surface area contributed by atoms with Crippen LogP contribution in [0.2, 0.25) is 0 Å². The molecule has 4 heteroatoms. The van der Waals surface area contributed by atoms with Crippen molar-refractivity contribution in [2.45, 2.75) is 20.0 Å². The summed E-state index contributed by atoms with van der Waals surface area (Å²) in [5.74, 6) is 0.791. The van der Waals surface area contributed by atoms with Crippen molar-refractivity contribution in [2.75, 3.05) is 6.54 Å². The number of ether oxygens (including phenoxy) is 1. The molecule has 1 aromatic carbocycles. The SMILES string of the molecule is Cc1ccc(COc2ccc3c(c2)CCNC3=O)cn1. The molecular formula is C16H16N2O2. The van der Waals surface area contributed by atoms with Crippen molar-refractivity contribution in [2.24, 2.45) is 0 Å². The molecule has 0 bridgehead atoms.